The number of aromatic nitrogens is 1. The number of hydrogen-bond donors (Lipinski definition) is 3. The number of nitrogen functional groups attached to an aromatic ring is 1. The van der Waals surface area contributed by atoms with Gasteiger partial charge in [0.05, 0.1) is 5.56 Å². The smallest absolute Gasteiger partial charge is 0.253 e. The highest BCUT2D eigenvalue weighted by Gasteiger charge is 2.36. The van der Waals surface area contributed by atoms with Gasteiger partial charge in [-0.2, -0.15) is 0 Å². The number of hydrazine groups is 1. The third kappa shape index (κ3) is 2.62. The van der Waals surface area contributed by atoms with E-state index < -0.39 is 0 Å². The van der Waals surface area contributed by atoms with Crippen LogP contribution in [0.25, 0.3) is 0 Å². The Labute approximate surface area is 118 Å². The Hall–Kier alpha value is -1.66. The van der Waals surface area contributed by atoms with E-state index in [9.17, 15) is 4.79 Å². The minimum absolute atomic E-state index is 0.0431. The van der Waals surface area contributed by atoms with Gasteiger partial charge >= 0.3 is 0 Å². The first kappa shape index (κ1) is 13.3. The highest BCUT2D eigenvalue weighted by atomic mass is 16.1. The molecule has 3 rings (SSSR count). The van der Waals surface area contributed by atoms with E-state index >= 15 is 0 Å². The Morgan fingerprint density at radius 1 is 1.30 bits per heavy atom. The average molecular weight is 275 g/mol. The highest BCUT2D eigenvalue weighted by molar-refractivity contribution is 5.94. The van der Waals surface area contributed by atoms with Crippen LogP contribution >= 0.6 is 0 Å². The Bertz CT molecular complexity index is 475. The van der Waals surface area contributed by atoms with Gasteiger partial charge in [0.2, 0.25) is 0 Å². The molecule has 2 fully saturated rings. The van der Waals surface area contributed by atoms with Crippen LogP contribution in [0.2, 0.25) is 0 Å². The zero-order chi connectivity index (χ0) is 13.9. The zero-order valence-corrected chi connectivity index (χ0v) is 11.5. The molecule has 2 aliphatic heterocycles. The average Bonchev–Trinajstić information content (AvgIpc) is 2.91. The largest absolute Gasteiger partial charge is 0.348 e. The van der Waals surface area contributed by atoms with Crippen LogP contribution in [0.4, 0.5) is 5.82 Å². The minimum atomic E-state index is -0.0431. The van der Waals surface area contributed by atoms with Gasteiger partial charge < -0.3 is 10.7 Å². The van der Waals surface area contributed by atoms with E-state index in [4.69, 9.17) is 5.84 Å². The molecule has 2 aliphatic rings. The monoisotopic (exact) mass is 275 g/mol. The first-order valence-electron chi connectivity index (χ1n) is 7.25. The summed E-state index contributed by atoms with van der Waals surface area (Å²) in [7, 11) is 0. The van der Waals surface area contributed by atoms with Crippen LogP contribution in [0.15, 0.2) is 18.3 Å². The number of nitrogens with one attached hydrogen (secondary N) is 2. The molecule has 2 atom stereocenters. The van der Waals surface area contributed by atoms with Crippen molar-refractivity contribution in [2.45, 2.75) is 37.8 Å². The zero-order valence-electron chi connectivity index (χ0n) is 11.5. The number of rotatable bonds is 3. The SMILES string of the molecule is NNc1ccc(C(=O)NC2CCN3CCCCC23)cn1. The second-order valence-corrected chi connectivity index (χ2v) is 5.54. The van der Waals surface area contributed by atoms with Crippen molar-refractivity contribution >= 4 is 11.7 Å². The molecule has 1 amide bonds. The van der Waals surface area contributed by atoms with Crippen LogP contribution in [-0.4, -0.2) is 41.0 Å². The maximum absolute atomic E-state index is 12.3. The van der Waals surface area contributed by atoms with Crippen molar-refractivity contribution in [2.75, 3.05) is 18.5 Å². The number of carbonyl (C=O) groups excluding carboxylic acids is 1. The number of nitrogens with two attached hydrogens (primary N) is 1. The summed E-state index contributed by atoms with van der Waals surface area (Å²) >= 11 is 0. The quantitative estimate of drug-likeness (QED) is 0.559. The van der Waals surface area contributed by atoms with E-state index in [1.54, 1.807) is 18.3 Å². The summed E-state index contributed by atoms with van der Waals surface area (Å²) in [5.41, 5.74) is 3.04. The van der Waals surface area contributed by atoms with Crippen molar-refractivity contribution in [2.24, 2.45) is 5.84 Å². The Balaban J connectivity index is 1.63. The van der Waals surface area contributed by atoms with Crippen molar-refractivity contribution in [1.82, 2.24) is 15.2 Å². The number of pyridine rings is 1. The number of anilines is 1. The summed E-state index contributed by atoms with van der Waals surface area (Å²) in [6.07, 6.45) is 6.35. The molecular formula is C14H21N5O. The van der Waals surface area contributed by atoms with Gasteiger partial charge in [-0.25, -0.2) is 10.8 Å². The summed E-state index contributed by atoms with van der Waals surface area (Å²) in [6.45, 7) is 2.28. The molecule has 0 saturated carbocycles. The fourth-order valence-corrected chi connectivity index (χ4v) is 3.28. The maximum atomic E-state index is 12.3. The van der Waals surface area contributed by atoms with Gasteiger partial charge in [-0.15, -0.1) is 0 Å². The van der Waals surface area contributed by atoms with Gasteiger partial charge in [0.25, 0.3) is 5.91 Å². The number of fused-ring (bicyclic) bond motifs is 1. The molecule has 2 unspecified atom stereocenters. The highest BCUT2D eigenvalue weighted by Crippen LogP contribution is 2.27. The second-order valence-electron chi connectivity index (χ2n) is 5.54. The summed E-state index contributed by atoms with van der Waals surface area (Å²) < 4.78 is 0. The molecule has 4 N–H and O–H groups in total. The first-order valence-corrected chi connectivity index (χ1v) is 7.25. The molecule has 6 heteroatoms. The van der Waals surface area contributed by atoms with Gasteiger partial charge in [-0.1, -0.05) is 6.42 Å². The summed E-state index contributed by atoms with van der Waals surface area (Å²) in [4.78, 5) is 18.8. The van der Waals surface area contributed by atoms with Gasteiger partial charge in [0.15, 0.2) is 0 Å². The van der Waals surface area contributed by atoms with Crippen LogP contribution < -0.4 is 16.6 Å². The lowest BCUT2D eigenvalue weighted by Gasteiger charge is -2.32. The van der Waals surface area contributed by atoms with Gasteiger partial charge in [-0.3, -0.25) is 9.69 Å². The van der Waals surface area contributed by atoms with E-state index in [0.717, 1.165) is 13.0 Å². The fourth-order valence-electron chi connectivity index (χ4n) is 3.28. The molecule has 108 valence electrons. The standard InChI is InChI=1S/C14H21N5O/c15-18-13-5-4-10(9-16-13)14(20)17-11-6-8-19-7-2-1-3-12(11)19/h4-5,9,11-12H,1-3,6-8,15H2,(H,16,18)(H,17,20). The molecule has 2 saturated heterocycles. The number of carbonyl (C=O) groups is 1. The molecule has 1 aromatic heterocycles. The minimum Gasteiger partial charge on any atom is -0.348 e. The topological polar surface area (TPSA) is 83.3 Å². The van der Waals surface area contributed by atoms with Crippen molar-refractivity contribution in [1.29, 1.82) is 0 Å². The Morgan fingerprint density at radius 2 is 2.20 bits per heavy atom. The lowest BCUT2D eigenvalue weighted by atomic mass is 9.99. The number of hydrogen-bond acceptors (Lipinski definition) is 5. The van der Waals surface area contributed by atoms with E-state index in [0.29, 0.717) is 17.4 Å². The van der Waals surface area contributed by atoms with E-state index in [1.165, 1.54) is 25.8 Å². The maximum Gasteiger partial charge on any atom is 0.253 e. The van der Waals surface area contributed by atoms with Crippen LogP contribution in [0.3, 0.4) is 0 Å². The van der Waals surface area contributed by atoms with Crippen LogP contribution in [-0.2, 0) is 0 Å². The van der Waals surface area contributed by atoms with Crippen LogP contribution in [0.5, 0.6) is 0 Å². The fraction of sp³-hybridized carbons (Fsp3) is 0.571. The molecule has 0 radical (unpaired) electrons. The van der Waals surface area contributed by atoms with Crippen LogP contribution in [0, 0.1) is 0 Å². The van der Waals surface area contributed by atoms with Gasteiger partial charge in [-0.05, 0) is 37.9 Å². The number of amides is 1. The Kier molecular flexibility index (Phi) is 3.84. The Morgan fingerprint density at radius 3 is 2.95 bits per heavy atom. The van der Waals surface area contributed by atoms with Crippen molar-refractivity contribution in [3.63, 3.8) is 0 Å². The van der Waals surface area contributed by atoms with E-state index in [2.05, 4.69) is 20.6 Å². The van der Waals surface area contributed by atoms with E-state index in [-0.39, 0.29) is 11.9 Å². The van der Waals surface area contributed by atoms with Crippen molar-refractivity contribution < 1.29 is 4.79 Å². The van der Waals surface area contributed by atoms with Crippen molar-refractivity contribution in [3.05, 3.63) is 23.9 Å². The van der Waals surface area contributed by atoms with E-state index in [1.807, 2.05) is 0 Å². The molecule has 0 aromatic carbocycles. The third-order valence-electron chi connectivity index (χ3n) is 4.35. The summed E-state index contributed by atoms with van der Waals surface area (Å²) in [6, 6.07) is 4.24. The summed E-state index contributed by atoms with van der Waals surface area (Å²) in [5, 5.41) is 3.16. The lowest BCUT2D eigenvalue weighted by Crippen LogP contribution is -2.46. The molecule has 1 aromatic rings. The predicted octanol–water partition coefficient (Wildman–Crippen LogP) is 0.724. The molecular weight excluding hydrogens is 254 g/mol. The number of nitrogens with zero attached hydrogens (tertiary/aromatic N) is 2. The molecule has 6 nitrogen and oxygen atoms in total. The second kappa shape index (κ2) is 5.76. The normalized spacial score (nSPS) is 26.1. The van der Waals surface area contributed by atoms with Gasteiger partial charge in [0.1, 0.15) is 5.82 Å². The van der Waals surface area contributed by atoms with Crippen LogP contribution in [0.1, 0.15) is 36.0 Å². The molecule has 0 spiro atoms. The van der Waals surface area contributed by atoms with Crippen molar-refractivity contribution in [3.8, 4) is 0 Å². The molecule has 20 heavy (non-hydrogen) atoms. The third-order valence-corrected chi connectivity index (χ3v) is 4.35. The molecule has 3 heterocycles. The molecule has 0 aliphatic carbocycles. The molecule has 0 bridgehead atoms. The summed E-state index contributed by atoms with van der Waals surface area (Å²) in [5.74, 6) is 5.78. The first-order chi connectivity index (χ1) is 9.78. The predicted molar refractivity (Wildman–Crippen MR) is 77.1 cm³/mol. The number of piperidine rings is 1. The lowest BCUT2D eigenvalue weighted by molar-refractivity contribution is 0.0915. The van der Waals surface area contributed by atoms with Gasteiger partial charge in [0, 0.05) is 24.8 Å².